The van der Waals surface area contributed by atoms with E-state index in [2.05, 4.69) is 0 Å². The third-order valence-corrected chi connectivity index (χ3v) is 6.58. The van der Waals surface area contributed by atoms with E-state index >= 15 is 0 Å². The first-order valence-electron chi connectivity index (χ1n) is 11.9. The molecule has 1 aliphatic rings. The summed E-state index contributed by atoms with van der Waals surface area (Å²) in [5.41, 5.74) is 1.50. The maximum Gasteiger partial charge on any atom is 0.295 e. The number of methoxy groups -OCH3 is 3. The van der Waals surface area contributed by atoms with Gasteiger partial charge in [0.25, 0.3) is 11.7 Å². The minimum absolute atomic E-state index is 0.0767. The predicted molar refractivity (Wildman–Crippen MR) is 143 cm³/mol. The van der Waals surface area contributed by atoms with Crippen LogP contribution in [0, 0.1) is 0 Å². The van der Waals surface area contributed by atoms with Gasteiger partial charge in [0.1, 0.15) is 28.8 Å². The average molecular weight is 538 g/mol. The second-order valence-electron chi connectivity index (χ2n) is 8.46. The number of carbonyl (C=O) groups excluding carboxylic acids is 2. The molecule has 1 amide bonds. The van der Waals surface area contributed by atoms with Crippen LogP contribution in [0.5, 0.6) is 23.0 Å². The van der Waals surface area contributed by atoms with Crippen molar-refractivity contribution >= 4 is 29.1 Å². The van der Waals surface area contributed by atoms with E-state index in [1.807, 2.05) is 19.1 Å². The van der Waals surface area contributed by atoms with Gasteiger partial charge >= 0.3 is 0 Å². The molecule has 3 aromatic carbocycles. The molecule has 0 radical (unpaired) electrons. The van der Waals surface area contributed by atoms with Gasteiger partial charge < -0.3 is 29.0 Å². The molecule has 198 valence electrons. The van der Waals surface area contributed by atoms with Crippen molar-refractivity contribution in [3.63, 3.8) is 0 Å². The minimum atomic E-state index is -0.877. The topological polar surface area (TPSA) is 94.5 Å². The summed E-state index contributed by atoms with van der Waals surface area (Å²) < 4.78 is 21.5. The highest BCUT2D eigenvalue weighted by Crippen LogP contribution is 2.43. The summed E-state index contributed by atoms with van der Waals surface area (Å²) in [6.07, 6.45) is 0. The fourth-order valence-corrected chi connectivity index (χ4v) is 4.66. The van der Waals surface area contributed by atoms with Crippen LogP contribution in [-0.2, 0) is 16.1 Å². The van der Waals surface area contributed by atoms with Crippen molar-refractivity contribution in [2.75, 3.05) is 27.9 Å². The molecular formula is C29H28ClNO7. The number of benzene rings is 3. The third kappa shape index (κ3) is 5.13. The monoisotopic (exact) mass is 537 g/mol. The first-order valence-corrected chi connectivity index (χ1v) is 12.3. The maximum absolute atomic E-state index is 13.4. The number of amides is 1. The van der Waals surface area contributed by atoms with E-state index in [9.17, 15) is 14.7 Å². The number of nitrogens with zero attached hydrogens (tertiary/aromatic N) is 1. The summed E-state index contributed by atoms with van der Waals surface area (Å²) in [7, 11) is 4.45. The molecule has 0 aliphatic carbocycles. The van der Waals surface area contributed by atoms with Gasteiger partial charge in [-0.2, -0.15) is 0 Å². The Morgan fingerprint density at radius 2 is 1.53 bits per heavy atom. The van der Waals surface area contributed by atoms with Crippen molar-refractivity contribution in [2.45, 2.75) is 19.5 Å². The summed E-state index contributed by atoms with van der Waals surface area (Å²) in [4.78, 5) is 28.2. The van der Waals surface area contributed by atoms with Gasteiger partial charge in [0, 0.05) is 12.6 Å². The Kier molecular flexibility index (Phi) is 8.12. The van der Waals surface area contributed by atoms with Crippen LogP contribution >= 0.6 is 11.6 Å². The minimum Gasteiger partial charge on any atom is -0.507 e. The van der Waals surface area contributed by atoms with Crippen molar-refractivity contribution in [3.8, 4) is 23.0 Å². The predicted octanol–water partition coefficient (Wildman–Crippen LogP) is 5.39. The first kappa shape index (κ1) is 26.9. The lowest BCUT2D eigenvalue weighted by molar-refractivity contribution is -0.140. The molecule has 0 aromatic heterocycles. The zero-order valence-electron chi connectivity index (χ0n) is 21.5. The number of rotatable bonds is 9. The van der Waals surface area contributed by atoms with Gasteiger partial charge in [0.15, 0.2) is 0 Å². The molecule has 1 N–H and O–H groups in total. The number of halogens is 1. The van der Waals surface area contributed by atoms with E-state index in [-0.39, 0.29) is 28.5 Å². The molecule has 4 rings (SSSR count). The normalized spacial score (nSPS) is 16.4. The number of hydrogen-bond acceptors (Lipinski definition) is 7. The third-order valence-electron chi connectivity index (χ3n) is 6.29. The first-order chi connectivity index (χ1) is 18.3. The Balaban J connectivity index is 1.87. The highest BCUT2D eigenvalue weighted by atomic mass is 35.5. The highest BCUT2D eigenvalue weighted by molar-refractivity contribution is 6.46. The van der Waals surface area contributed by atoms with Crippen molar-refractivity contribution in [1.82, 2.24) is 4.90 Å². The lowest BCUT2D eigenvalue weighted by atomic mass is 9.94. The molecular weight excluding hydrogens is 510 g/mol. The van der Waals surface area contributed by atoms with Gasteiger partial charge in [0.05, 0.1) is 50.1 Å². The number of ketones is 1. The number of aliphatic hydroxyl groups excluding tert-OH is 1. The molecule has 1 saturated heterocycles. The van der Waals surface area contributed by atoms with Gasteiger partial charge in [-0.15, -0.1) is 0 Å². The Morgan fingerprint density at radius 3 is 2.11 bits per heavy atom. The van der Waals surface area contributed by atoms with Crippen LogP contribution < -0.4 is 18.9 Å². The van der Waals surface area contributed by atoms with E-state index < -0.39 is 23.5 Å². The number of Topliss-reactive ketones (excluding diaryl/α,β-unsaturated/α-hetero) is 1. The Morgan fingerprint density at radius 1 is 0.895 bits per heavy atom. The quantitative estimate of drug-likeness (QED) is 0.222. The summed E-state index contributed by atoms with van der Waals surface area (Å²) in [5.74, 6) is -0.0717. The molecule has 1 unspecified atom stereocenters. The summed E-state index contributed by atoms with van der Waals surface area (Å²) in [6, 6.07) is 16.3. The zero-order chi connectivity index (χ0) is 27.4. The van der Waals surface area contributed by atoms with Crippen LogP contribution in [0.2, 0.25) is 5.02 Å². The number of likely N-dealkylation sites (tertiary alicyclic amines) is 1. The van der Waals surface area contributed by atoms with Gasteiger partial charge in [-0.1, -0.05) is 35.9 Å². The van der Waals surface area contributed by atoms with Crippen LogP contribution in [0.25, 0.3) is 5.76 Å². The standard InChI is InChI=1S/C29H28ClNO7/c1-5-38-20-12-8-18(9-13-20)26-25(27(32)21-14-22(30)24(37-4)15-23(21)36-3)28(33)29(34)31(26)16-17-6-10-19(35-2)11-7-17/h6-15,26,32H,5,16H2,1-4H3/b27-25+. The SMILES string of the molecule is CCOc1ccc(C2/C(=C(\O)c3cc(Cl)c(OC)cc3OC)C(=O)C(=O)N2Cc2ccc(OC)cc2)cc1. The molecule has 1 heterocycles. The molecule has 8 nitrogen and oxygen atoms in total. The Labute approximate surface area is 225 Å². The van der Waals surface area contributed by atoms with Crippen molar-refractivity contribution in [3.05, 3.63) is 87.9 Å². The molecule has 0 spiro atoms. The van der Waals surface area contributed by atoms with E-state index in [4.69, 9.17) is 30.5 Å². The number of aliphatic hydroxyl groups is 1. The molecule has 0 bridgehead atoms. The van der Waals surface area contributed by atoms with E-state index in [0.717, 1.165) is 5.56 Å². The fourth-order valence-electron chi connectivity index (χ4n) is 4.42. The van der Waals surface area contributed by atoms with Crippen molar-refractivity contribution in [2.24, 2.45) is 0 Å². The van der Waals surface area contributed by atoms with E-state index in [0.29, 0.717) is 29.4 Å². The maximum atomic E-state index is 13.4. The fraction of sp³-hybridized carbons (Fsp3) is 0.241. The van der Waals surface area contributed by atoms with Gasteiger partial charge in [-0.25, -0.2) is 0 Å². The molecule has 9 heteroatoms. The summed E-state index contributed by atoms with van der Waals surface area (Å²) in [5, 5.41) is 11.7. The van der Waals surface area contributed by atoms with E-state index in [1.54, 1.807) is 43.5 Å². The summed E-state index contributed by atoms with van der Waals surface area (Å²) in [6.45, 7) is 2.50. The lowest BCUT2D eigenvalue weighted by Gasteiger charge is -2.26. The molecule has 1 atom stereocenters. The van der Waals surface area contributed by atoms with Gasteiger partial charge in [-0.05, 0) is 48.4 Å². The molecule has 3 aromatic rings. The lowest BCUT2D eigenvalue weighted by Crippen LogP contribution is -2.29. The molecule has 1 fully saturated rings. The largest absolute Gasteiger partial charge is 0.507 e. The zero-order valence-corrected chi connectivity index (χ0v) is 22.2. The van der Waals surface area contributed by atoms with Crippen molar-refractivity contribution in [1.29, 1.82) is 0 Å². The second kappa shape index (κ2) is 11.5. The smallest absolute Gasteiger partial charge is 0.295 e. The highest BCUT2D eigenvalue weighted by Gasteiger charge is 2.46. The van der Waals surface area contributed by atoms with Gasteiger partial charge in [0.2, 0.25) is 0 Å². The van der Waals surface area contributed by atoms with E-state index in [1.165, 1.54) is 31.3 Å². The van der Waals surface area contributed by atoms with Gasteiger partial charge in [-0.3, -0.25) is 9.59 Å². The number of hydrogen-bond donors (Lipinski definition) is 1. The van der Waals surface area contributed by atoms with Crippen LogP contribution in [0.1, 0.15) is 29.7 Å². The van der Waals surface area contributed by atoms with Crippen LogP contribution in [-0.4, -0.2) is 49.6 Å². The Hall–Kier alpha value is -4.17. The molecule has 1 aliphatic heterocycles. The molecule has 38 heavy (non-hydrogen) atoms. The summed E-state index contributed by atoms with van der Waals surface area (Å²) >= 11 is 6.33. The van der Waals surface area contributed by atoms with Crippen LogP contribution in [0.15, 0.2) is 66.2 Å². The molecule has 0 saturated carbocycles. The van der Waals surface area contributed by atoms with Crippen LogP contribution in [0.4, 0.5) is 0 Å². The second-order valence-corrected chi connectivity index (χ2v) is 8.87. The average Bonchev–Trinajstić information content (AvgIpc) is 3.18. The number of ether oxygens (including phenoxy) is 4. The van der Waals surface area contributed by atoms with Crippen LogP contribution in [0.3, 0.4) is 0 Å². The number of carbonyl (C=O) groups is 2. The van der Waals surface area contributed by atoms with Crippen molar-refractivity contribution < 1.29 is 33.6 Å². The Bertz CT molecular complexity index is 1370.